The molecule has 1 aliphatic rings. The van der Waals surface area contributed by atoms with Crippen molar-refractivity contribution in [3.63, 3.8) is 0 Å². The molecule has 0 fully saturated rings. The quantitative estimate of drug-likeness (QED) is 0.129. The first-order chi connectivity index (χ1) is 30.8. The maximum atomic E-state index is 5.26. The minimum atomic E-state index is 0.969. The van der Waals surface area contributed by atoms with E-state index in [9.17, 15) is 0 Å². The molecular weight excluding hydrogens is 753 g/mol. The van der Waals surface area contributed by atoms with Crippen molar-refractivity contribution in [1.29, 1.82) is 0 Å². The number of rotatable bonds is 5. The summed E-state index contributed by atoms with van der Waals surface area (Å²) in [4.78, 5) is 10.4. The Morgan fingerprint density at radius 1 is 0.403 bits per heavy atom. The van der Waals surface area contributed by atoms with Crippen LogP contribution < -0.4 is 0 Å². The van der Waals surface area contributed by atoms with E-state index >= 15 is 0 Å². The fourth-order valence-corrected chi connectivity index (χ4v) is 10.2. The summed E-state index contributed by atoms with van der Waals surface area (Å²) in [6.45, 7) is 0. The summed E-state index contributed by atoms with van der Waals surface area (Å²) in [6.07, 6.45) is 6.41. The minimum absolute atomic E-state index is 0.969. The first-order valence-corrected chi connectivity index (χ1v) is 21.5. The fourth-order valence-electron chi connectivity index (χ4n) is 10.2. The van der Waals surface area contributed by atoms with Gasteiger partial charge >= 0.3 is 0 Å². The van der Waals surface area contributed by atoms with Crippen LogP contribution in [0.25, 0.3) is 116 Å². The van der Waals surface area contributed by atoms with Crippen molar-refractivity contribution < 1.29 is 0 Å². The summed E-state index contributed by atoms with van der Waals surface area (Å²) in [5, 5.41) is 8.52. The van der Waals surface area contributed by atoms with Gasteiger partial charge in [-0.2, -0.15) is 0 Å². The maximum Gasteiger partial charge on any atom is 0.146 e. The number of hydrogen-bond acceptors (Lipinski definition) is 2. The molecule has 4 nitrogen and oxygen atoms in total. The van der Waals surface area contributed by atoms with E-state index < -0.39 is 0 Å². The third-order valence-corrected chi connectivity index (χ3v) is 12.9. The van der Waals surface area contributed by atoms with Crippen LogP contribution in [-0.2, 0) is 6.42 Å². The van der Waals surface area contributed by atoms with E-state index in [2.05, 4.69) is 215 Å². The van der Waals surface area contributed by atoms with Gasteiger partial charge in [-0.15, -0.1) is 0 Å². The number of imidazole rings is 2. The lowest BCUT2D eigenvalue weighted by Crippen LogP contribution is -2.04. The fraction of sp³-hybridized carbons (Fsp3) is 0.0345. The van der Waals surface area contributed by atoms with Gasteiger partial charge in [0.1, 0.15) is 11.5 Å². The summed E-state index contributed by atoms with van der Waals surface area (Å²) < 4.78 is 4.68. The van der Waals surface area contributed by atoms with Crippen molar-refractivity contribution in [2.75, 3.05) is 0 Å². The Balaban J connectivity index is 0.949. The molecule has 0 radical (unpaired) electrons. The normalized spacial score (nSPS) is 12.6. The third-order valence-electron chi connectivity index (χ3n) is 12.9. The van der Waals surface area contributed by atoms with Crippen LogP contribution in [0.4, 0.5) is 0 Å². The lowest BCUT2D eigenvalue weighted by molar-refractivity contribution is 0.878. The highest BCUT2D eigenvalue weighted by atomic mass is 15.1. The van der Waals surface area contributed by atoms with E-state index in [1.807, 2.05) is 0 Å². The van der Waals surface area contributed by atoms with E-state index in [0.29, 0.717) is 0 Å². The van der Waals surface area contributed by atoms with Gasteiger partial charge in [0, 0.05) is 22.0 Å². The highest BCUT2D eigenvalue weighted by Gasteiger charge is 2.22. The van der Waals surface area contributed by atoms with E-state index in [1.54, 1.807) is 0 Å². The SMILES string of the molecule is C1=Cc2nc(-c3cccc(-c4c5ccccc5c(-c5ccc(-c6ccc7c8ccccc8n8c9ccccc9nc8c7c6)cc5)c5ccccc45)c3)n(-c3ccccc3)c2CC1. The predicted molar refractivity (Wildman–Crippen MR) is 259 cm³/mol. The Bertz CT molecular complexity index is 3740. The highest BCUT2D eigenvalue weighted by Crippen LogP contribution is 2.45. The number of para-hydroxylation sites is 4. The van der Waals surface area contributed by atoms with Crippen LogP contribution in [0.15, 0.2) is 200 Å². The van der Waals surface area contributed by atoms with Gasteiger partial charge in [0.05, 0.1) is 27.9 Å². The van der Waals surface area contributed by atoms with Crippen LogP contribution >= 0.6 is 0 Å². The largest absolute Gasteiger partial charge is 0.296 e. The molecule has 0 N–H and O–H groups in total. The molecule has 290 valence electrons. The molecule has 0 saturated carbocycles. The second-order valence-electron chi connectivity index (χ2n) is 16.4. The zero-order valence-electron chi connectivity index (χ0n) is 33.8. The van der Waals surface area contributed by atoms with Crippen molar-refractivity contribution in [2.24, 2.45) is 0 Å². The van der Waals surface area contributed by atoms with E-state index in [0.717, 1.165) is 57.7 Å². The molecular formula is C58H38N4. The molecule has 4 heteroatoms. The maximum absolute atomic E-state index is 5.26. The number of allylic oxidation sites excluding steroid dienone is 1. The van der Waals surface area contributed by atoms with E-state index in [4.69, 9.17) is 9.97 Å². The molecule has 0 spiro atoms. The minimum Gasteiger partial charge on any atom is -0.296 e. The Hall–Kier alpha value is -8.08. The number of pyridine rings is 1. The number of nitrogens with zero attached hydrogens (tertiary/aromatic N) is 4. The van der Waals surface area contributed by atoms with Crippen LogP contribution in [0.5, 0.6) is 0 Å². The molecule has 3 aromatic heterocycles. The molecule has 0 saturated heterocycles. The van der Waals surface area contributed by atoms with Crippen molar-refractivity contribution in [2.45, 2.75) is 12.8 Å². The molecule has 3 heterocycles. The Morgan fingerprint density at radius 2 is 1.02 bits per heavy atom. The zero-order valence-corrected chi connectivity index (χ0v) is 33.8. The number of hydrogen-bond donors (Lipinski definition) is 0. The van der Waals surface area contributed by atoms with Gasteiger partial charge in [-0.25, -0.2) is 9.97 Å². The lowest BCUT2D eigenvalue weighted by Gasteiger charge is -2.18. The zero-order chi connectivity index (χ0) is 40.7. The molecule has 0 unspecified atom stereocenters. The van der Waals surface area contributed by atoms with Gasteiger partial charge in [0.2, 0.25) is 0 Å². The molecule has 0 aliphatic heterocycles. The number of benzene rings is 9. The Kier molecular flexibility index (Phi) is 7.70. The van der Waals surface area contributed by atoms with Crippen LogP contribution in [0, 0.1) is 0 Å². The van der Waals surface area contributed by atoms with Crippen LogP contribution in [0.1, 0.15) is 17.8 Å². The summed E-state index contributed by atoms with van der Waals surface area (Å²) >= 11 is 0. The average Bonchev–Trinajstić information content (AvgIpc) is 3.94. The summed E-state index contributed by atoms with van der Waals surface area (Å²) in [6, 6.07) is 70.6. The van der Waals surface area contributed by atoms with Crippen molar-refractivity contribution in [3.05, 3.63) is 212 Å². The van der Waals surface area contributed by atoms with E-state index in [-0.39, 0.29) is 0 Å². The monoisotopic (exact) mass is 790 g/mol. The lowest BCUT2D eigenvalue weighted by atomic mass is 9.85. The van der Waals surface area contributed by atoms with Crippen LogP contribution in [-0.4, -0.2) is 18.9 Å². The molecule has 13 rings (SSSR count). The molecule has 12 aromatic rings. The summed E-state index contributed by atoms with van der Waals surface area (Å²) in [7, 11) is 0. The molecule has 1 aliphatic carbocycles. The predicted octanol–water partition coefficient (Wildman–Crippen LogP) is 14.9. The Morgan fingerprint density at radius 3 is 1.77 bits per heavy atom. The second-order valence-corrected chi connectivity index (χ2v) is 16.4. The molecule has 0 bridgehead atoms. The smallest absolute Gasteiger partial charge is 0.146 e. The molecule has 0 atom stereocenters. The number of fused-ring (bicyclic) bond motifs is 11. The summed E-state index contributed by atoms with van der Waals surface area (Å²) in [5.74, 6) is 0.974. The van der Waals surface area contributed by atoms with E-state index in [1.165, 1.54) is 76.9 Å². The molecule has 0 amide bonds. The van der Waals surface area contributed by atoms with Crippen molar-refractivity contribution in [1.82, 2.24) is 18.9 Å². The van der Waals surface area contributed by atoms with Crippen LogP contribution in [0.2, 0.25) is 0 Å². The van der Waals surface area contributed by atoms with Gasteiger partial charge in [-0.05, 0) is 122 Å². The van der Waals surface area contributed by atoms with Gasteiger partial charge in [-0.1, -0.05) is 158 Å². The topological polar surface area (TPSA) is 35.1 Å². The van der Waals surface area contributed by atoms with Gasteiger partial charge in [0.25, 0.3) is 0 Å². The first kappa shape index (κ1) is 34.8. The van der Waals surface area contributed by atoms with Gasteiger partial charge in [0.15, 0.2) is 0 Å². The first-order valence-electron chi connectivity index (χ1n) is 21.5. The third kappa shape index (κ3) is 5.26. The standard InChI is InChI=1S/C58H38N4/c1-2-17-42(18-3-1)61-53-27-12-9-24-50(53)59-57(61)41-16-14-15-40(35-41)56-47-22-6-4-20-45(47)55(46-21-5-7-23-48(46)56)38-31-29-37(30-32-38)39-33-34-43-44-19-8-11-26-52(44)62-54-28-13-10-25-51(54)60-58(62)49(43)36-39/h1-11,13-26,28-36H,12,27H2. The number of aromatic nitrogens is 4. The van der Waals surface area contributed by atoms with Crippen molar-refractivity contribution >= 4 is 66.0 Å². The highest BCUT2D eigenvalue weighted by molar-refractivity contribution is 6.21. The molecule has 9 aromatic carbocycles. The average molecular weight is 791 g/mol. The van der Waals surface area contributed by atoms with Crippen LogP contribution in [0.3, 0.4) is 0 Å². The molecule has 62 heavy (non-hydrogen) atoms. The Labute approximate surface area is 358 Å². The van der Waals surface area contributed by atoms with Gasteiger partial charge < -0.3 is 0 Å². The van der Waals surface area contributed by atoms with Gasteiger partial charge in [-0.3, -0.25) is 8.97 Å². The second kappa shape index (κ2) is 13.7. The van der Waals surface area contributed by atoms with Crippen molar-refractivity contribution in [3.8, 4) is 50.5 Å². The summed E-state index contributed by atoms with van der Waals surface area (Å²) in [5.41, 5.74) is 16.1.